The lowest BCUT2D eigenvalue weighted by atomic mass is 9.64. The number of carbonyl (C=O) groups is 1. The van der Waals surface area contributed by atoms with Crippen LogP contribution >= 0.6 is 0 Å². The average Bonchev–Trinajstić information content (AvgIpc) is 2.56. The van der Waals surface area contributed by atoms with Crippen LogP contribution in [0.2, 0.25) is 0 Å². The lowest BCUT2D eigenvalue weighted by Gasteiger charge is -2.49. The molecule has 1 saturated heterocycles. The first-order chi connectivity index (χ1) is 11.8. The SMILES string of the molecule is CCc1cc(F)c(OC)c(C(C(=O)O)N2CCC3(C)C=CC3C2)c1F. The minimum atomic E-state index is -1.27. The Labute approximate surface area is 146 Å². The molecule has 1 aromatic carbocycles. The summed E-state index contributed by atoms with van der Waals surface area (Å²) in [4.78, 5) is 13.7. The molecule has 4 nitrogen and oxygen atoms in total. The third kappa shape index (κ3) is 2.82. The lowest BCUT2D eigenvalue weighted by molar-refractivity contribution is -0.145. The number of carboxylic acids is 1. The Morgan fingerprint density at radius 1 is 1.52 bits per heavy atom. The van der Waals surface area contributed by atoms with Crippen LogP contribution in [0.3, 0.4) is 0 Å². The van der Waals surface area contributed by atoms with Crippen molar-refractivity contribution in [3.63, 3.8) is 0 Å². The van der Waals surface area contributed by atoms with Crippen molar-refractivity contribution >= 4 is 5.97 Å². The summed E-state index contributed by atoms with van der Waals surface area (Å²) < 4.78 is 34.4. The second-order valence-electron chi connectivity index (χ2n) is 7.09. The monoisotopic (exact) mass is 351 g/mol. The predicted octanol–water partition coefficient (Wildman–Crippen LogP) is 3.56. The Balaban J connectivity index is 2.06. The van der Waals surface area contributed by atoms with Crippen LogP contribution < -0.4 is 4.74 Å². The quantitative estimate of drug-likeness (QED) is 0.824. The summed E-state index contributed by atoms with van der Waals surface area (Å²) in [6, 6.07) is -0.187. The number of carboxylic acid groups (broad SMARTS) is 1. The zero-order valence-electron chi connectivity index (χ0n) is 14.7. The van der Waals surface area contributed by atoms with E-state index in [1.54, 1.807) is 11.8 Å². The third-order valence-corrected chi connectivity index (χ3v) is 5.66. The van der Waals surface area contributed by atoms with Gasteiger partial charge in [-0.2, -0.15) is 0 Å². The van der Waals surface area contributed by atoms with Gasteiger partial charge in [-0.15, -0.1) is 0 Å². The number of aliphatic carboxylic acids is 1. The van der Waals surface area contributed by atoms with E-state index in [4.69, 9.17) is 4.74 Å². The molecule has 0 radical (unpaired) electrons. The summed E-state index contributed by atoms with van der Waals surface area (Å²) in [6.45, 7) is 4.86. The Hall–Kier alpha value is -1.95. The number of piperidine rings is 1. The van der Waals surface area contributed by atoms with Crippen molar-refractivity contribution in [1.29, 1.82) is 0 Å². The maximum atomic E-state index is 15.0. The van der Waals surface area contributed by atoms with Crippen LogP contribution in [0.25, 0.3) is 0 Å². The molecule has 0 bridgehead atoms. The van der Waals surface area contributed by atoms with Gasteiger partial charge in [0.15, 0.2) is 11.6 Å². The number of hydrogen-bond acceptors (Lipinski definition) is 3. The van der Waals surface area contributed by atoms with Crippen LogP contribution in [0.1, 0.15) is 37.4 Å². The summed E-state index contributed by atoms with van der Waals surface area (Å²) in [7, 11) is 1.23. The van der Waals surface area contributed by atoms with Gasteiger partial charge in [0.2, 0.25) is 0 Å². The van der Waals surface area contributed by atoms with Crippen molar-refractivity contribution in [2.24, 2.45) is 11.3 Å². The van der Waals surface area contributed by atoms with Gasteiger partial charge in [-0.25, -0.2) is 8.78 Å². The minimum Gasteiger partial charge on any atom is -0.493 e. The Bertz CT molecular complexity index is 734. The van der Waals surface area contributed by atoms with Crippen LogP contribution in [0, 0.1) is 23.0 Å². The first-order valence-electron chi connectivity index (χ1n) is 8.53. The van der Waals surface area contributed by atoms with Crippen molar-refractivity contribution in [3.05, 3.63) is 41.0 Å². The van der Waals surface area contributed by atoms with Gasteiger partial charge in [-0.05, 0) is 35.8 Å². The van der Waals surface area contributed by atoms with Crippen LogP contribution in [0.5, 0.6) is 5.75 Å². The molecule has 0 amide bonds. The molecule has 1 aliphatic heterocycles. The van der Waals surface area contributed by atoms with E-state index in [0.717, 1.165) is 12.5 Å². The second-order valence-corrected chi connectivity index (χ2v) is 7.09. The number of halogens is 2. The van der Waals surface area contributed by atoms with Gasteiger partial charge in [0, 0.05) is 13.1 Å². The minimum absolute atomic E-state index is 0.0820. The van der Waals surface area contributed by atoms with Crippen molar-refractivity contribution in [1.82, 2.24) is 4.90 Å². The second kappa shape index (κ2) is 6.41. The standard InChI is InChI=1S/C19H23F2NO3/c1-4-11-9-13(20)17(25-3)14(15(11)21)16(18(23)24)22-8-7-19(2)6-5-12(19)10-22/h5-6,9,12,16H,4,7-8,10H2,1-3H3,(H,23,24). The highest BCUT2D eigenvalue weighted by molar-refractivity contribution is 5.77. The Morgan fingerprint density at radius 2 is 2.24 bits per heavy atom. The normalized spacial score (nSPS) is 26.7. The fraction of sp³-hybridized carbons (Fsp3) is 0.526. The van der Waals surface area contributed by atoms with Gasteiger partial charge in [0.25, 0.3) is 0 Å². The number of ether oxygens (including phenoxy) is 1. The molecule has 1 aromatic rings. The first kappa shape index (κ1) is 17.9. The van der Waals surface area contributed by atoms with E-state index in [1.165, 1.54) is 7.11 Å². The number of nitrogens with zero attached hydrogens (tertiary/aromatic N) is 1. The topological polar surface area (TPSA) is 49.8 Å². The van der Waals surface area contributed by atoms with Crippen LogP contribution in [-0.4, -0.2) is 36.2 Å². The van der Waals surface area contributed by atoms with Gasteiger partial charge >= 0.3 is 5.97 Å². The van der Waals surface area contributed by atoms with Crippen molar-refractivity contribution in [3.8, 4) is 5.75 Å². The smallest absolute Gasteiger partial charge is 0.325 e. The zero-order valence-corrected chi connectivity index (χ0v) is 14.7. The number of hydrogen-bond donors (Lipinski definition) is 1. The van der Waals surface area contributed by atoms with Crippen LogP contribution in [-0.2, 0) is 11.2 Å². The lowest BCUT2D eigenvalue weighted by Crippen LogP contribution is -2.50. The van der Waals surface area contributed by atoms with Crippen molar-refractivity contribution < 1.29 is 23.4 Å². The molecule has 3 unspecified atom stereocenters. The number of likely N-dealkylation sites (tertiary alicyclic amines) is 1. The molecule has 3 atom stereocenters. The van der Waals surface area contributed by atoms with E-state index < -0.39 is 23.6 Å². The van der Waals surface area contributed by atoms with Crippen molar-refractivity contribution in [2.45, 2.75) is 32.7 Å². The highest BCUT2D eigenvalue weighted by atomic mass is 19.1. The van der Waals surface area contributed by atoms with Gasteiger partial charge in [-0.1, -0.05) is 26.0 Å². The van der Waals surface area contributed by atoms with Crippen molar-refractivity contribution in [2.75, 3.05) is 20.2 Å². The summed E-state index contributed by atoms with van der Waals surface area (Å²) >= 11 is 0. The molecule has 1 fully saturated rings. The Kier molecular flexibility index (Phi) is 4.58. The molecular formula is C19H23F2NO3. The summed E-state index contributed by atoms with van der Waals surface area (Å²) in [5.74, 6) is -2.70. The first-order valence-corrected chi connectivity index (χ1v) is 8.53. The molecule has 0 spiro atoms. The van der Waals surface area contributed by atoms with E-state index in [9.17, 15) is 18.7 Å². The summed E-state index contributed by atoms with van der Waals surface area (Å²) in [5, 5.41) is 9.81. The fourth-order valence-electron chi connectivity index (χ4n) is 3.92. The number of fused-ring (bicyclic) bond motifs is 1. The van der Waals surface area contributed by atoms with E-state index in [0.29, 0.717) is 13.1 Å². The number of aryl methyl sites for hydroxylation is 1. The molecule has 1 N–H and O–H groups in total. The van der Waals surface area contributed by atoms with Gasteiger partial charge in [0.1, 0.15) is 11.9 Å². The van der Waals surface area contributed by atoms with E-state index >= 15 is 0 Å². The number of benzene rings is 1. The number of methoxy groups -OCH3 is 1. The maximum absolute atomic E-state index is 15.0. The van der Waals surface area contributed by atoms with Crippen LogP contribution in [0.15, 0.2) is 18.2 Å². The highest BCUT2D eigenvalue weighted by Crippen LogP contribution is 2.48. The highest BCUT2D eigenvalue weighted by Gasteiger charge is 2.45. The number of rotatable bonds is 5. The molecule has 25 heavy (non-hydrogen) atoms. The third-order valence-electron chi connectivity index (χ3n) is 5.66. The zero-order chi connectivity index (χ0) is 18.4. The summed E-state index contributed by atoms with van der Waals surface area (Å²) in [5.41, 5.74) is 0.0299. The van der Waals surface area contributed by atoms with E-state index in [1.807, 2.05) is 0 Å². The van der Waals surface area contributed by atoms with Gasteiger partial charge in [0.05, 0.1) is 12.7 Å². The molecule has 0 saturated carbocycles. The molecule has 0 aromatic heterocycles. The molecule has 1 heterocycles. The van der Waals surface area contributed by atoms with Gasteiger partial charge < -0.3 is 9.84 Å². The number of allylic oxidation sites excluding steroid dienone is 1. The molecule has 3 rings (SSSR count). The average molecular weight is 351 g/mol. The van der Waals surface area contributed by atoms with Crippen LogP contribution in [0.4, 0.5) is 8.78 Å². The van der Waals surface area contributed by atoms with E-state index in [2.05, 4.69) is 19.1 Å². The molecular weight excluding hydrogens is 328 g/mol. The molecule has 6 heteroatoms. The maximum Gasteiger partial charge on any atom is 0.325 e. The predicted molar refractivity (Wildman–Crippen MR) is 89.6 cm³/mol. The van der Waals surface area contributed by atoms with Gasteiger partial charge in [-0.3, -0.25) is 9.69 Å². The Morgan fingerprint density at radius 3 is 2.72 bits per heavy atom. The fourth-order valence-corrected chi connectivity index (χ4v) is 3.92. The summed E-state index contributed by atoms with van der Waals surface area (Å²) in [6.07, 6.45) is 5.26. The largest absolute Gasteiger partial charge is 0.493 e. The molecule has 136 valence electrons. The molecule has 2 aliphatic rings. The van der Waals surface area contributed by atoms with E-state index in [-0.39, 0.29) is 34.6 Å². The molecule has 1 aliphatic carbocycles.